The molecule has 0 aliphatic carbocycles. The highest BCUT2D eigenvalue weighted by Crippen LogP contribution is 2.02. The Morgan fingerprint density at radius 3 is 2.50 bits per heavy atom. The maximum absolute atomic E-state index is 11.2. The van der Waals surface area contributed by atoms with E-state index in [1.165, 1.54) is 0 Å². The summed E-state index contributed by atoms with van der Waals surface area (Å²) in [4.78, 5) is 19.8. The van der Waals surface area contributed by atoms with Gasteiger partial charge in [0, 0.05) is 0 Å². The number of carbonyl (C=O) groups is 1. The molecule has 1 aromatic rings. The minimum Gasteiger partial charge on any atom is -0.276 e. The molecule has 0 aliphatic heterocycles. The quantitative estimate of drug-likeness (QED) is 0.315. The summed E-state index contributed by atoms with van der Waals surface area (Å²) < 4.78 is 0. The number of hydrogen-bond donors (Lipinski definition) is 0. The van der Waals surface area contributed by atoms with Gasteiger partial charge in [-0.2, -0.15) is 5.26 Å². The topological polar surface area (TPSA) is 59.3 Å². The molecule has 14 heavy (non-hydrogen) atoms. The zero-order valence-electron chi connectivity index (χ0n) is 7.27. The average Bonchev–Trinajstić information content (AvgIpc) is 2.26. The summed E-state index contributed by atoms with van der Waals surface area (Å²) in [5.74, 6) is -0.934. The molecule has 0 spiro atoms. The van der Waals surface area contributed by atoms with Gasteiger partial charge in [0.1, 0.15) is 6.07 Å². The van der Waals surface area contributed by atoms with Crippen LogP contribution in [0.4, 0.5) is 0 Å². The molecular formula is C10H7NO3. The molecule has 0 radical (unpaired) electrons. The van der Waals surface area contributed by atoms with Gasteiger partial charge in [-0.3, -0.25) is 4.89 Å². The SMILES string of the molecule is C=C(C#N)OOC(=O)c1ccccc1. The van der Waals surface area contributed by atoms with Crippen LogP contribution in [0.25, 0.3) is 0 Å². The molecule has 0 heterocycles. The normalized spacial score (nSPS) is 8.50. The predicted octanol–water partition coefficient (Wildman–Crippen LogP) is 1.81. The van der Waals surface area contributed by atoms with Crippen molar-refractivity contribution in [3.63, 3.8) is 0 Å². The molecule has 0 amide bonds. The Labute approximate surface area is 80.9 Å². The molecule has 4 nitrogen and oxygen atoms in total. The van der Waals surface area contributed by atoms with E-state index in [1.54, 1.807) is 36.4 Å². The van der Waals surface area contributed by atoms with Crippen molar-refractivity contribution >= 4 is 5.97 Å². The molecule has 0 unspecified atom stereocenters. The summed E-state index contributed by atoms with van der Waals surface area (Å²) in [6, 6.07) is 9.87. The Morgan fingerprint density at radius 2 is 1.93 bits per heavy atom. The van der Waals surface area contributed by atoms with Crippen molar-refractivity contribution in [2.45, 2.75) is 0 Å². The van der Waals surface area contributed by atoms with Gasteiger partial charge in [-0.15, -0.1) is 0 Å². The molecule has 0 bridgehead atoms. The number of carbonyl (C=O) groups excluding carboxylic acids is 1. The van der Waals surface area contributed by atoms with Crippen LogP contribution in [-0.2, 0) is 9.78 Å². The standard InChI is InChI=1S/C10H7NO3/c1-8(7-11)13-14-10(12)9-5-3-2-4-6-9/h2-6H,1H2. The molecule has 1 rings (SSSR count). The van der Waals surface area contributed by atoms with E-state index in [0.717, 1.165) is 0 Å². The van der Waals surface area contributed by atoms with Gasteiger partial charge in [0.15, 0.2) is 0 Å². The fraction of sp³-hybridized carbons (Fsp3) is 0. The second-order valence-corrected chi connectivity index (χ2v) is 2.36. The third-order valence-corrected chi connectivity index (χ3v) is 1.35. The molecule has 0 N–H and O–H groups in total. The van der Waals surface area contributed by atoms with Crippen LogP contribution in [0.5, 0.6) is 0 Å². The second kappa shape index (κ2) is 4.67. The van der Waals surface area contributed by atoms with Crippen LogP contribution in [0.15, 0.2) is 42.7 Å². The van der Waals surface area contributed by atoms with Crippen molar-refractivity contribution in [1.82, 2.24) is 0 Å². The highest BCUT2D eigenvalue weighted by Gasteiger charge is 2.07. The monoisotopic (exact) mass is 189 g/mol. The molecule has 0 saturated carbocycles. The third-order valence-electron chi connectivity index (χ3n) is 1.35. The van der Waals surface area contributed by atoms with Gasteiger partial charge >= 0.3 is 5.97 Å². The van der Waals surface area contributed by atoms with E-state index in [4.69, 9.17) is 5.26 Å². The van der Waals surface area contributed by atoms with E-state index in [1.807, 2.05) is 0 Å². The van der Waals surface area contributed by atoms with Crippen LogP contribution in [0.3, 0.4) is 0 Å². The average molecular weight is 189 g/mol. The van der Waals surface area contributed by atoms with Crippen molar-refractivity contribution in [3.05, 3.63) is 48.2 Å². The van der Waals surface area contributed by atoms with Gasteiger partial charge in [0.05, 0.1) is 5.56 Å². The first-order valence-electron chi connectivity index (χ1n) is 3.77. The van der Waals surface area contributed by atoms with Gasteiger partial charge < -0.3 is 0 Å². The maximum Gasteiger partial charge on any atom is 0.386 e. The third kappa shape index (κ3) is 2.64. The van der Waals surface area contributed by atoms with Crippen molar-refractivity contribution in [3.8, 4) is 6.07 Å². The van der Waals surface area contributed by atoms with E-state index in [9.17, 15) is 4.79 Å². The zero-order chi connectivity index (χ0) is 10.4. The summed E-state index contributed by atoms with van der Waals surface area (Å²) in [6.45, 7) is 3.18. The van der Waals surface area contributed by atoms with Gasteiger partial charge in [-0.25, -0.2) is 9.68 Å². The van der Waals surface area contributed by atoms with Crippen LogP contribution in [0.2, 0.25) is 0 Å². The molecule has 0 atom stereocenters. The van der Waals surface area contributed by atoms with E-state index < -0.39 is 5.97 Å². The summed E-state index contributed by atoms with van der Waals surface area (Å²) >= 11 is 0. The van der Waals surface area contributed by atoms with Crippen molar-refractivity contribution < 1.29 is 14.6 Å². The first kappa shape index (κ1) is 9.81. The fourth-order valence-electron chi connectivity index (χ4n) is 0.729. The molecule has 70 valence electrons. The number of nitrogens with zero attached hydrogens (tertiary/aromatic N) is 1. The second-order valence-electron chi connectivity index (χ2n) is 2.36. The Hall–Kier alpha value is -2.28. The summed E-state index contributed by atoms with van der Waals surface area (Å²) in [6.07, 6.45) is 0. The first-order valence-corrected chi connectivity index (χ1v) is 3.77. The van der Waals surface area contributed by atoms with Crippen LogP contribution in [0, 0.1) is 11.3 Å². The van der Waals surface area contributed by atoms with Crippen molar-refractivity contribution in [2.75, 3.05) is 0 Å². The lowest BCUT2D eigenvalue weighted by Gasteiger charge is -2.00. The molecule has 0 aliphatic rings. The van der Waals surface area contributed by atoms with Crippen LogP contribution >= 0.6 is 0 Å². The number of allylic oxidation sites excluding steroid dienone is 1. The number of rotatable bonds is 3. The zero-order valence-corrected chi connectivity index (χ0v) is 7.27. The largest absolute Gasteiger partial charge is 0.386 e. The Kier molecular flexibility index (Phi) is 3.27. The minimum absolute atomic E-state index is 0.269. The fourth-order valence-corrected chi connectivity index (χ4v) is 0.729. The van der Waals surface area contributed by atoms with Gasteiger partial charge in [0.2, 0.25) is 5.76 Å². The lowest BCUT2D eigenvalue weighted by molar-refractivity contribution is -0.200. The summed E-state index contributed by atoms with van der Waals surface area (Å²) in [5, 5.41) is 8.25. The van der Waals surface area contributed by atoms with E-state index in [-0.39, 0.29) is 5.76 Å². The minimum atomic E-state index is -0.665. The van der Waals surface area contributed by atoms with E-state index >= 15 is 0 Å². The lowest BCUT2D eigenvalue weighted by atomic mass is 10.2. The Balaban J connectivity index is 2.53. The molecule has 0 fully saturated rings. The molecule has 1 aromatic carbocycles. The van der Waals surface area contributed by atoms with Gasteiger partial charge in [-0.05, 0) is 18.7 Å². The van der Waals surface area contributed by atoms with Crippen LogP contribution in [-0.4, -0.2) is 5.97 Å². The van der Waals surface area contributed by atoms with Gasteiger partial charge in [0.25, 0.3) is 0 Å². The number of hydrogen-bond acceptors (Lipinski definition) is 4. The van der Waals surface area contributed by atoms with E-state index in [2.05, 4.69) is 16.4 Å². The molecular weight excluding hydrogens is 182 g/mol. The van der Waals surface area contributed by atoms with Crippen molar-refractivity contribution in [2.24, 2.45) is 0 Å². The van der Waals surface area contributed by atoms with Crippen molar-refractivity contribution in [1.29, 1.82) is 5.26 Å². The molecule has 0 aromatic heterocycles. The Morgan fingerprint density at radius 1 is 1.29 bits per heavy atom. The smallest absolute Gasteiger partial charge is 0.276 e. The maximum atomic E-state index is 11.2. The van der Waals surface area contributed by atoms with Crippen LogP contribution < -0.4 is 0 Å². The van der Waals surface area contributed by atoms with E-state index in [0.29, 0.717) is 5.56 Å². The number of nitriles is 1. The van der Waals surface area contributed by atoms with Gasteiger partial charge in [-0.1, -0.05) is 18.2 Å². The predicted molar refractivity (Wildman–Crippen MR) is 47.7 cm³/mol. The highest BCUT2D eigenvalue weighted by atomic mass is 17.2. The Bertz CT molecular complexity index is 378. The molecule has 0 saturated heterocycles. The lowest BCUT2D eigenvalue weighted by Crippen LogP contribution is -2.04. The first-order chi connectivity index (χ1) is 6.74. The summed E-state index contributed by atoms with van der Waals surface area (Å²) in [7, 11) is 0. The highest BCUT2D eigenvalue weighted by molar-refractivity contribution is 5.88. The number of benzene rings is 1. The van der Waals surface area contributed by atoms with Crippen LogP contribution in [0.1, 0.15) is 10.4 Å². The summed E-state index contributed by atoms with van der Waals surface area (Å²) in [5.41, 5.74) is 0.346. The molecule has 4 heteroatoms.